The Morgan fingerprint density at radius 1 is 1.07 bits per heavy atom. The molecule has 5 nitrogen and oxygen atoms in total. The molecule has 2 aromatic carbocycles. The van der Waals surface area contributed by atoms with E-state index in [0.717, 1.165) is 21.3 Å². The van der Waals surface area contributed by atoms with E-state index in [1.54, 1.807) is 0 Å². The van der Waals surface area contributed by atoms with Crippen molar-refractivity contribution in [3.8, 4) is 17.1 Å². The maximum absolute atomic E-state index is 6.28. The number of rotatable bonds is 2. The number of aromatic nitrogens is 3. The summed E-state index contributed by atoms with van der Waals surface area (Å²) in [6.45, 7) is 6.62. The molecule has 3 aromatic rings. The standard InChI is InChI=1S/C21H21BrN4OS/c1-21(2,3)13-7-5-12(6-8-13)18-23-16-10-9-14(22)11-15(16)17-19(27-18)24-20(28-4)26-25-17/h5-11,18,23H,1-4H3/t18-/m1/s1. The third-order valence-electron chi connectivity index (χ3n) is 4.65. The average molecular weight is 457 g/mol. The molecule has 0 radical (unpaired) electrons. The van der Waals surface area contributed by atoms with Gasteiger partial charge in [-0.05, 0) is 35.4 Å². The van der Waals surface area contributed by atoms with E-state index in [0.29, 0.717) is 16.7 Å². The molecule has 0 amide bonds. The van der Waals surface area contributed by atoms with E-state index < -0.39 is 0 Å². The zero-order valence-electron chi connectivity index (χ0n) is 16.2. The molecule has 0 saturated carbocycles. The lowest BCUT2D eigenvalue weighted by Crippen LogP contribution is -2.18. The first-order valence-corrected chi connectivity index (χ1v) is 11.0. The van der Waals surface area contributed by atoms with Crippen molar-refractivity contribution in [2.24, 2.45) is 0 Å². The van der Waals surface area contributed by atoms with Crippen LogP contribution in [0.15, 0.2) is 52.1 Å². The van der Waals surface area contributed by atoms with Crippen LogP contribution in [-0.4, -0.2) is 21.4 Å². The van der Waals surface area contributed by atoms with Crippen LogP contribution in [0, 0.1) is 0 Å². The topological polar surface area (TPSA) is 59.9 Å². The number of hydrogen-bond acceptors (Lipinski definition) is 6. The molecule has 2 heterocycles. The molecule has 144 valence electrons. The van der Waals surface area contributed by atoms with Gasteiger partial charge in [-0.1, -0.05) is 72.7 Å². The molecule has 7 heteroatoms. The van der Waals surface area contributed by atoms with Gasteiger partial charge in [0, 0.05) is 21.3 Å². The van der Waals surface area contributed by atoms with Crippen molar-refractivity contribution in [2.45, 2.75) is 37.6 Å². The van der Waals surface area contributed by atoms with E-state index in [1.807, 2.05) is 24.5 Å². The monoisotopic (exact) mass is 456 g/mol. The molecule has 0 saturated heterocycles. The van der Waals surface area contributed by atoms with Gasteiger partial charge < -0.3 is 10.1 Å². The van der Waals surface area contributed by atoms with Gasteiger partial charge in [0.1, 0.15) is 0 Å². The SMILES string of the molecule is CSc1nnc2c(n1)O[C@H](c1ccc(C(C)(C)C)cc1)Nc1ccc(Br)cc1-2. The van der Waals surface area contributed by atoms with Crippen molar-refractivity contribution in [1.29, 1.82) is 0 Å². The van der Waals surface area contributed by atoms with Crippen LogP contribution in [0.25, 0.3) is 11.3 Å². The van der Waals surface area contributed by atoms with Gasteiger partial charge in [-0.3, -0.25) is 0 Å². The van der Waals surface area contributed by atoms with Crippen LogP contribution in [0.4, 0.5) is 5.69 Å². The van der Waals surface area contributed by atoms with Crippen molar-refractivity contribution in [3.63, 3.8) is 0 Å². The fraction of sp³-hybridized carbons (Fsp3) is 0.286. The van der Waals surface area contributed by atoms with Crippen molar-refractivity contribution >= 4 is 33.4 Å². The largest absolute Gasteiger partial charge is 0.448 e. The summed E-state index contributed by atoms with van der Waals surface area (Å²) in [6, 6.07) is 14.5. The van der Waals surface area contributed by atoms with Gasteiger partial charge in [-0.2, -0.15) is 4.98 Å². The number of fused-ring (bicyclic) bond motifs is 3. The fourth-order valence-electron chi connectivity index (χ4n) is 3.07. The first-order valence-electron chi connectivity index (χ1n) is 8.97. The number of ether oxygens (including phenoxy) is 1. The molecular weight excluding hydrogens is 436 g/mol. The van der Waals surface area contributed by atoms with E-state index in [1.165, 1.54) is 17.3 Å². The van der Waals surface area contributed by atoms with Gasteiger partial charge in [0.25, 0.3) is 0 Å². The molecule has 1 atom stereocenters. The maximum Gasteiger partial charge on any atom is 0.247 e. The van der Waals surface area contributed by atoms with Crippen LogP contribution < -0.4 is 10.1 Å². The minimum Gasteiger partial charge on any atom is -0.448 e. The summed E-state index contributed by atoms with van der Waals surface area (Å²) in [5, 5.41) is 12.7. The first-order chi connectivity index (χ1) is 13.3. The Morgan fingerprint density at radius 2 is 1.82 bits per heavy atom. The van der Waals surface area contributed by atoms with Crippen LogP contribution in [-0.2, 0) is 5.41 Å². The number of anilines is 1. The number of hydrogen-bond donors (Lipinski definition) is 1. The fourth-order valence-corrected chi connectivity index (χ4v) is 3.72. The summed E-state index contributed by atoms with van der Waals surface area (Å²) in [7, 11) is 0. The molecule has 1 N–H and O–H groups in total. The van der Waals surface area contributed by atoms with Crippen LogP contribution in [0.2, 0.25) is 0 Å². The summed E-state index contributed by atoms with van der Waals surface area (Å²) < 4.78 is 7.24. The molecule has 1 aliphatic heterocycles. The van der Waals surface area contributed by atoms with Gasteiger partial charge in [0.2, 0.25) is 11.0 Å². The van der Waals surface area contributed by atoms with Crippen molar-refractivity contribution in [2.75, 3.05) is 11.6 Å². The number of halogens is 1. The highest BCUT2D eigenvalue weighted by Gasteiger charge is 2.26. The van der Waals surface area contributed by atoms with E-state index in [4.69, 9.17) is 4.74 Å². The van der Waals surface area contributed by atoms with Gasteiger partial charge >= 0.3 is 0 Å². The van der Waals surface area contributed by atoms with Crippen LogP contribution in [0.3, 0.4) is 0 Å². The van der Waals surface area contributed by atoms with E-state index in [2.05, 4.69) is 81.5 Å². The molecule has 0 aliphatic carbocycles. The molecule has 0 spiro atoms. The quantitative estimate of drug-likeness (QED) is 0.489. The number of thioether (sulfide) groups is 1. The third kappa shape index (κ3) is 3.73. The minimum absolute atomic E-state index is 0.103. The highest BCUT2D eigenvalue weighted by Crippen LogP contribution is 2.40. The summed E-state index contributed by atoms with van der Waals surface area (Å²) in [5.74, 6) is 0.480. The van der Waals surface area contributed by atoms with Gasteiger partial charge in [-0.25, -0.2) is 0 Å². The molecule has 4 rings (SSSR count). The smallest absolute Gasteiger partial charge is 0.247 e. The van der Waals surface area contributed by atoms with E-state index in [-0.39, 0.29) is 11.6 Å². The van der Waals surface area contributed by atoms with Gasteiger partial charge in [-0.15, -0.1) is 10.2 Å². The molecule has 1 aromatic heterocycles. The third-order valence-corrected chi connectivity index (χ3v) is 5.68. The predicted molar refractivity (Wildman–Crippen MR) is 117 cm³/mol. The second-order valence-corrected chi connectivity index (χ2v) is 9.35. The molecular formula is C21H21BrN4OS. The molecule has 28 heavy (non-hydrogen) atoms. The number of nitrogens with zero attached hydrogens (tertiary/aromatic N) is 3. The zero-order valence-corrected chi connectivity index (χ0v) is 18.6. The summed E-state index contributed by atoms with van der Waals surface area (Å²) in [4.78, 5) is 4.56. The molecule has 1 aliphatic rings. The zero-order chi connectivity index (χ0) is 19.9. The lowest BCUT2D eigenvalue weighted by atomic mass is 9.86. The Bertz CT molecular complexity index is 1020. The van der Waals surface area contributed by atoms with Crippen molar-refractivity contribution in [3.05, 3.63) is 58.1 Å². The van der Waals surface area contributed by atoms with Crippen LogP contribution in [0.1, 0.15) is 38.1 Å². The second-order valence-electron chi connectivity index (χ2n) is 7.66. The first kappa shape index (κ1) is 19.2. The predicted octanol–water partition coefficient (Wildman–Crippen LogP) is 5.82. The molecule has 0 fully saturated rings. The normalized spacial score (nSPS) is 15.7. The molecule has 0 unspecified atom stereocenters. The maximum atomic E-state index is 6.28. The van der Waals surface area contributed by atoms with Crippen molar-refractivity contribution < 1.29 is 4.74 Å². The summed E-state index contributed by atoms with van der Waals surface area (Å²) in [5.41, 5.74) is 4.88. The number of benzene rings is 2. The Labute approximate surface area is 177 Å². The van der Waals surface area contributed by atoms with Crippen molar-refractivity contribution in [1.82, 2.24) is 15.2 Å². The Kier molecular flexibility index (Phi) is 5.05. The minimum atomic E-state index is -0.374. The Balaban J connectivity index is 1.80. The lowest BCUT2D eigenvalue weighted by molar-refractivity contribution is 0.225. The summed E-state index contributed by atoms with van der Waals surface area (Å²) in [6.07, 6.45) is 1.55. The van der Waals surface area contributed by atoms with Crippen LogP contribution >= 0.6 is 27.7 Å². The Morgan fingerprint density at radius 3 is 2.50 bits per heavy atom. The highest BCUT2D eigenvalue weighted by atomic mass is 79.9. The van der Waals surface area contributed by atoms with E-state index >= 15 is 0 Å². The van der Waals surface area contributed by atoms with Gasteiger partial charge in [0.15, 0.2) is 11.9 Å². The van der Waals surface area contributed by atoms with Gasteiger partial charge in [0.05, 0.1) is 0 Å². The number of nitrogens with one attached hydrogen (secondary N) is 1. The Hall–Kier alpha value is -2.12. The lowest BCUT2D eigenvalue weighted by Gasteiger charge is -2.22. The second kappa shape index (κ2) is 7.37. The molecule has 0 bridgehead atoms. The van der Waals surface area contributed by atoms with E-state index in [9.17, 15) is 0 Å². The highest BCUT2D eigenvalue weighted by molar-refractivity contribution is 9.10. The average Bonchev–Trinajstić information content (AvgIpc) is 2.83. The van der Waals surface area contributed by atoms with Crippen LogP contribution in [0.5, 0.6) is 5.88 Å². The summed E-state index contributed by atoms with van der Waals surface area (Å²) >= 11 is 4.98.